The molecule has 118 valence electrons. The average molecular weight is 317 g/mol. The molecule has 6 nitrogen and oxygen atoms in total. The number of carbonyl (C=O) groups is 1. The van der Waals surface area contributed by atoms with Gasteiger partial charge in [0.2, 0.25) is 0 Å². The van der Waals surface area contributed by atoms with Gasteiger partial charge in [0, 0.05) is 11.6 Å². The fraction of sp³-hybridized carbons (Fsp3) is 0.0556. The number of urea groups is 1. The molecule has 4 aromatic rings. The molecule has 2 N–H and O–H groups in total. The van der Waals surface area contributed by atoms with Crippen molar-refractivity contribution in [1.29, 1.82) is 0 Å². The molecule has 0 fully saturated rings. The third kappa shape index (κ3) is 2.65. The van der Waals surface area contributed by atoms with E-state index in [1.54, 1.807) is 0 Å². The normalized spacial score (nSPS) is 10.8. The Bertz CT molecular complexity index is 1020. The van der Waals surface area contributed by atoms with Gasteiger partial charge in [-0.25, -0.2) is 4.79 Å². The van der Waals surface area contributed by atoms with Gasteiger partial charge in [0.05, 0.1) is 12.2 Å². The molecule has 0 saturated heterocycles. The van der Waals surface area contributed by atoms with Crippen molar-refractivity contribution in [1.82, 2.24) is 19.9 Å². The van der Waals surface area contributed by atoms with Crippen LogP contribution in [-0.4, -0.2) is 20.6 Å². The number of pyridine rings is 1. The molecule has 2 amide bonds. The van der Waals surface area contributed by atoms with Gasteiger partial charge in [-0.15, -0.1) is 10.2 Å². The van der Waals surface area contributed by atoms with Gasteiger partial charge in [-0.3, -0.25) is 4.40 Å². The number of fused-ring (bicyclic) bond motifs is 2. The van der Waals surface area contributed by atoms with Gasteiger partial charge in [-0.1, -0.05) is 42.5 Å². The predicted molar refractivity (Wildman–Crippen MR) is 92.8 cm³/mol. The number of hydrogen-bond donors (Lipinski definition) is 2. The highest BCUT2D eigenvalue weighted by Crippen LogP contribution is 2.22. The molecular weight excluding hydrogens is 302 g/mol. The van der Waals surface area contributed by atoms with Crippen molar-refractivity contribution >= 4 is 28.1 Å². The summed E-state index contributed by atoms with van der Waals surface area (Å²) in [6, 6.07) is 19.1. The molecule has 0 radical (unpaired) electrons. The Kier molecular flexibility index (Phi) is 3.55. The molecule has 4 rings (SSSR count). The molecule has 0 spiro atoms. The first-order valence-electron chi connectivity index (χ1n) is 7.62. The molecule has 0 aliphatic rings. The van der Waals surface area contributed by atoms with Gasteiger partial charge in [-0.2, -0.15) is 0 Å². The summed E-state index contributed by atoms with van der Waals surface area (Å²) in [4.78, 5) is 12.2. The molecule has 24 heavy (non-hydrogen) atoms. The number of anilines is 1. The van der Waals surface area contributed by atoms with Crippen molar-refractivity contribution in [2.75, 3.05) is 5.32 Å². The zero-order valence-corrected chi connectivity index (χ0v) is 12.8. The lowest BCUT2D eigenvalue weighted by Crippen LogP contribution is -2.29. The minimum absolute atomic E-state index is 0.279. The summed E-state index contributed by atoms with van der Waals surface area (Å²) in [5, 5.41) is 15.9. The van der Waals surface area contributed by atoms with E-state index in [4.69, 9.17) is 0 Å². The number of amides is 2. The van der Waals surface area contributed by atoms with E-state index in [1.807, 2.05) is 71.3 Å². The summed E-state index contributed by atoms with van der Waals surface area (Å²) in [6.45, 7) is 0.293. The van der Waals surface area contributed by atoms with Crippen LogP contribution in [0.1, 0.15) is 5.82 Å². The number of aromatic nitrogens is 3. The maximum atomic E-state index is 12.2. The van der Waals surface area contributed by atoms with Gasteiger partial charge in [0.15, 0.2) is 11.5 Å². The second-order valence-corrected chi connectivity index (χ2v) is 5.38. The molecule has 2 aromatic carbocycles. The van der Waals surface area contributed by atoms with E-state index in [9.17, 15) is 4.79 Å². The monoisotopic (exact) mass is 317 g/mol. The van der Waals surface area contributed by atoms with Crippen LogP contribution in [0.2, 0.25) is 0 Å². The number of hydrogen-bond acceptors (Lipinski definition) is 3. The quantitative estimate of drug-likeness (QED) is 0.609. The summed E-state index contributed by atoms with van der Waals surface area (Å²) in [5.74, 6) is 0.679. The molecule has 2 aromatic heterocycles. The standard InChI is InChI=1S/C18H15N5O/c24-18(19-12-17-22-21-16-10-3-4-11-23(16)17)20-15-9-5-7-13-6-1-2-8-14(13)15/h1-11H,12H2,(H2,19,20,24). The van der Waals surface area contributed by atoms with Crippen molar-refractivity contribution in [3.05, 3.63) is 72.7 Å². The van der Waals surface area contributed by atoms with E-state index in [0.29, 0.717) is 12.4 Å². The second-order valence-electron chi connectivity index (χ2n) is 5.38. The van der Waals surface area contributed by atoms with Crippen LogP contribution in [-0.2, 0) is 6.54 Å². The van der Waals surface area contributed by atoms with Crippen molar-refractivity contribution in [2.45, 2.75) is 6.54 Å². The summed E-state index contributed by atoms with van der Waals surface area (Å²) in [6.07, 6.45) is 1.87. The fourth-order valence-corrected chi connectivity index (χ4v) is 2.67. The average Bonchev–Trinajstić information content (AvgIpc) is 3.04. The Morgan fingerprint density at radius 1 is 0.958 bits per heavy atom. The lowest BCUT2D eigenvalue weighted by atomic mass is 10.1. The highest BCUT2D eigenvalue weighted by atomic mass is 16.2. The van der Waals surface area contributed by atoms with Crippen LogP contribution in [0, 0.1) is 0 Å². The van der Waals surface area contributed by atoms with Crippen molar-refractivity contribution in [3.63, 3.8) is 0 Å². The van der Waals surface area contributed by atoms with E-state index >= 15 is 0 Å². The maximum Gasteiger partial charge on any atom is 0.319 e. The summed E-state index contributed by atoms with van der Waals surface area (Å²) >= 11 is 0. The molecule has 0 saturated carbocycles. The first-order valence-corrected chi connectivity index (χ1v) is 7.62. The third-order valence-electron chi connectivity index (χ3n) is 3.83. The highest BCUT2D eigenvalue weighted by molar-refractivity contribution is 6.01. The summed E-state index contributed by atoms with van der Waals surface area (Å²) in [5.41, 5.74) is 1.53. The van der Waals surface area contributed by atoms with E-state index < -0.39 is 0 Å². The Labute approximate surface area is 138 Å². The first kappa shape index (κ1) is 14.2. The van der Waals surface area contributed by atoms with Gasteiger partial charge < -0.3 is 10.6 Å². The summed E-state index contributed by atoms with van der Waals surface area (Å²) in [7, 11) is 0. The van der Waals surface area contributed by atoms with E-state index in [1.165, 1.54) is 0 Å². The Morgan fingerprint density at radius 3 is 2.75 bits per heavy atom. The molecule has 6 heteroatoms. The van der Waals surface area contributed by atoms with Crippen molar-refractivity contribution in [3.8, 4) is 0 Å². The molecule has 2 heterocycles. The summed E-state index contributed by atoms with van der Waals surface area (Å²) < 4.78 is 1.85. The lowest BCUT2D eigenvalue weighted by Gasteiger charge is -2.09. The zero-order valence-electron chi connectivity index (χ0n) is 12.8. The second kappa shape index (κ2) is 6.00. The SMILES string of the molecule is O=C(NCc1nnc2ccccn12)Nc1cccc2ccccc12. The molecular formula is C18H15N5O. The Morgan fingerprint density at radius 2 is 1.79 bits per heavy atom. The van der Waals surface area contributed by atoms with Gasteiger partial charge in [-0.05, 0) is 23.6 Å². The van der Waals surface area contributed by atoms with E-state index in [0.717, 1.165) is 22.1 Å². The number of benzene rings is 2. The van der Waals surface area contributed by atoms with E-state index in [2.05, 4.69) is 20.8 Å². The van der Waals surface area contributed by atoms with Crippen molar-refractivity contribution in [2.24, 2.45) is 0 Å². The van der Waals surface area contributed by atoms with Gasteiger partial charge in [0.1, 0.15) is 0 Å². The van der Waals surface area contributed by atoms with Crippen LogP contribution in [0.3, 0.4) is 0 Å². The highest BCUT2D eigenvalue weighted by Gasteiger charge is 2.08. The number of rotatable bonds is 3. The largest absolute Gasteiger partial charge is 0.331 e. The van der Waals surface area contributed by atoms with Crippen LogP contribution in [0.25, 0.3) is 16.4 Å². The van der Waals surface area contributed by atoms with Crippen LogP contribution in [0.4, 0.5) is 10.5 Å². The minimum atomic E-state index is -0.279. The van der Waals surface area contributed by atoms with Gasteiger partial charge >= 0.3 is 6.03 Å². The fourth-order valence-electron chi connectivity index (χ4n) is 2.67. The number of nitrogens with zero attached hydrogens (tertiary/aromatic N) is 3. The smallest absolute Gasteiger partial charge is 0.319 e. The van der Waals surface area contributed by atoms with Crippen molar-refractivity contribution < 1.29 is 4.79 Å². The lowest BCUT2D eigenvalue weighted by molar-refractivity contribution is 0.251. The minimum Gasteiger partial charge on any atom is -0.331 e. The molecule has 0 aliphatic carbocycles. The van der Waals surface area contributed by atoms with Crippen LogP contribution < -0.4 is 10.6 Å². The van der Waals surface area contributed by atoms with Gasteiger partial charge in [0.25, 0.3) is 0 Å². The Hall–Kier alpha value is -3.41. The maximum absolute atomic E-state index is 12.2. The molecule has 0 bridgehead atoms. The third-order valence-corrected chi connectivity index (χ3v) is 3.83. The topological polar surface area (TPSA) is 71.3 Å². The molecule has 0 aliphatic heterocycles. The first-order chi connectivity index (χ1) is 11.8. The molecule has 0 atom stereocenters. The molecule has 0 unspecified atom stereocenters. The number of carbonyl (C=O) groups excluding carboxylic acids is 1. The Balaban J connectivity index is 1.48. The van der Waals surface area contributed by atoms with Crippen LogP contribution in [0.15, 0.2) is 66.9 Å². The van der Waals surface area contributed by atoms with E-state index in [-0.39, 0.29) is 6.03 Å². The van der Waals surface area contributed by atoms with Crippen LogP contribution in [0.5, 0.6) is 0 Å². The number of nitrogens with one attached hydrogen (secondary N) is 2. The predicted octanol–water partition coefficient (Wildman–Crippen LogP) is 3.20. The van der Waals surface area contributed by atoms with Crippen LogP contribution >= 0.6 is 0 Å². The zero-order chi connectivity index (χ0) is 16.4.